The summed E-state index contributed by atoms with van der Waals surface area (Å²) >= 11 is 16.9. The summed E-state index contributed by atoms with van der Waals surface area (Å²) in [5.41, 5.74) is -0.173. The molecule has 0 aliphatic carbocycles. The Morgan fingerprint density at radius 3 is 2.14 bits per heavy atom. The lowest BCUT2D eigenvalue weighted by Crippen LogP contribution is -2.13. The van der Waals surface area contributed by atoms with E-state index in [1.54, 1.807) is 0 Å². The molecule has 0 aromatic heterocycles. The lowest BCUT2D eigenvalue weighted by molar-refractivity contribution is -0.131. The molecule has 0 saturated carbocycles. The molecule has 0 aliphatic heterocycles. The maximum absolute atomic E-state index is 11.0. The van der Waals surface area contributed by atoms with Gasteiger partial charge in [-0.25, -0.2) is 4.79 Å². The molecule has 0 bridgehead atoms. The van der Waals surface area contributed by atoms with Crippen molar-refractivity contribution in [2.45, 2.75) is 0 Å². The third kappa shape index (κ3) is 2.00. The van der Waals surface area contributed by atoms with Crippen molar-refractivity contribution in [1.29, 1.82) is 0 Å². The molecule has 0 unspecified atom stereocenters. The predicted octanol–water partition coefficient (Wildman–Crippen LogP) is 2.91. The van der Waals surface area contributed by atoms with Crippen molar-refractivity contribution in [3.63, 3.8) is 0 Å². The average Bonchev–Trinajstić information content (AvgIpc) is 2.13. The van der Waals surface area contributed by atoms with Gasteiger partial charge in [0.15, 0.2) is 0 Å². The Hall–Kier alpha value is -0.770. The van der Waals surface area contributed by atoms with Crippen molar-refractivity contribution >= 4 is 46.6 Å². The van der Waals surface area contributed by atoms with E-state index in [9.17, 15) is 9.59 Å². The summed E-state index contributed by atoms with van der Waals surface area (Å²) in [5, 5.41) is 8.43. The lowest BCUT2D eigenvalue weighted by atomic mass is 10.1. The number of rotatable bonds is 2. The number of carboxylic acids is 1. The van der Waals surface area contributed by atoms with Crippen molar-refractivity contribution in [2.24, 2.45) is 0 Å². The zero-order chi connectivity index (χ0) is 10.9. The molecule has 1 aromatic carbocycles. The SMILES string of the molecule is O=C(O)C(=O)c1ccc(Cl)c(Cl)c1Cl. The predicted molar refractivity (Wildman–Crippen MR) is 53.4 cm³/mol. The quantitative estimate of drug-likeness (QED) is 0.501. The largest absolute Gasteiger partial charge is 0.475 e. The van der Waals surface area contributed by atoms with E-state index < -0.39 is 11.8 Å². The monoisotopic (exact) mass is 252 g/mol. The first-order chi connectivity index (χ1) is 6.45. The van der Waals surface area contributed by atoms with Crippen LogP contribution in [-0.2, 0) is 4.79 Å². The summed E-state index contributed by atoms with van der Waals surface area (Å²) in [5.74, 6) is -2.71. The number of carboxylic acid groups (broad SMARTS) is 1. The van der Waals surface area contributed by atoms with E-state index in [1.807, 2.05) is 0 Å². The van der Waals surface area contributed by atoms with Crippen LogP contribution in [0.25, 0.3) is 0 Å². The van der Waals surface area contributed by atoms with Crippen molar-refractivity contribution < 1.29 is 14.7 Å². The molecule has 3 nitrogen and oxygen atoms in total. The Morgan fingerprint density at radius 1 is 1.07 bits per heavy atom. The van der Waals surface area contributed by atoms with Gasteiger partial charge >= 0.3 is 5.97 Å². The summed E-state index contributed by atoms with van der Waals surface area (Å²) in [6, 6.07) is 2.53. The maximum atomic E-state index is 11.0. The molecule has 14 heavy (non-hydrogen) atoms. The van der Waals surface area contributed by atoms with E-state index in [0.29, 0.717) is 0 Å². The minimum atomic E-state index is -1.59. The second-order valence-corrected chi connectivity index (χ2v) is 3.52. The number of aliphatic carboxylic acids is 1. The summed E-state index contributed by atoms with van der Waals surface area (Å²) in [6.07, 6.45) is 0. The molecule has 0 saturated heterocycles. The molecule has 0 fully saturated rings. The Kier molecular flexibility index (Phi) is 3.37. The second-order valence-electron chi connectivity index (χ2n) is 2.36. The maximum Gasteiger partial charge on any atom is 0.377 e. The molecule has 6 heteroatoms. The van der Waals surface area contributed by atoms with Crippen LogP contribution in [0, 0.1) is 0 Å². The van der Waals surface area contributed by atoms with Crippen molar-refractivity contribution in [2.75, 3.05) is 0 Å². The van der Waals surface area contributed by atoms with Crippen LogP contribution in [0.2, 0.25) is 15.1 Å². The highest BCUT2D eigenvalue weighted by molar-refractivity contribution is 6.51. The van der Waals surface area contributed by atoms with Crippen LogP contribution in [0.4, 0.5) is 0 Å². The van der Waals surface area contributed by atoms with Gasteiger partial charge in [0, 0.05) is 5.56 Å². The van der Waals surface area contributed by atoms with Crippen molar-refractivity contribution in [1.82, 2.24) is 0 Å². The van der Waals surface area contributed by atoms with E-state index in [1.165, 1.54) is 12.1 Å². The van der Waals surface area contributed by atoms with Gasteiger partial charge in [0.25, 0.3) is 5.78 Å². The van der Waals surface area contributed by atoms with E-state index >= 15 is 0 Å². The van der Waals surface area contributed by atoms with Gasteiger partial charge in [0.05, 0.1) is 15.1 Å². The number of Topliss-reactive ketones (excluding diaryl/α,β-unsaturated/α-hetero) is 1. The van der Waals surface area contributed by atoms with Crippen LogP contribution in [0.15, 0.2) is 12.1 Å². The fourth-order valence-corrected chi connectivity index (χ4v) is 1.44. The first kappa shape index (κ1) is 11.3. The van der Waals surface area contributed by atoms with Gasteiger partial charge in [-0.1, -0.05) is 34.8 Å². The van der Waals surface area contributed by atoms with Crippen LogP contribution in [-0.4, -0.2) is 16.9 Å². The van der Waals surface area contributed by atoms with E-state index in [2.05, 4.69) is 0 Å². The highest BCUT2D eigenvalue weighted by Crippen LogP contribution is 2.32. The highest BCUT2D eigenvalue weighted by atomic mass is 35.5. The molecule has 1 aromatic rings. The fourth-order valence-electron chi connectivity index (χ4n) is 0.816. The summed E-state index contributed by atoms with van der Waals surface area (Å²) in [4.78, 5) is 21.4. The lowest BCUT2D eigenvalue weighted by Gasteiger charge is -2.03. The first-order valence-corrected chi connectivity index (χ1v) is 4.49. The number of carbonyl (C=O) groups is 2. The topological polar surface area (TPSA) is 54.4 Å². The second kappa shape index (κ2) is 4.17. The standard InChI is InChI=1S/C8H3Cl3O3/c9-4-2-1-3(5(10)6(4)11)7(12)8(13)14/h1-2H,(H,13,14). The molecule has 0 heterocycles. The van der Waals surface area contributed by atoms with Gasteiger partial charge < -0.3 is 5.11 Å². The van der Waals surface area contributed by atoms with E-state index in [0.717, 1.165) is 0 Å². The van der Waals surface area contributed by atoms with Gasteiger partial charge in [-0.05, 0) is 12.1 Å². The summed E-state index contributed by atoms with van der Waals surface area (Å²) in [7, 11) is 0. The molecule has 1 N–H and O–H groups in total. The zero-order valence-electron chi connectivity index (χ0n) is 6.55. The zero-order valence-corrected chi connectivity index (χ0v) is 8.82. The molecule has 0 atom stereocenters. The molecular formula is C8H3Cl3O3. The van der Waals surface area contributed by atoms with Gasteiger partial charge in [-0.3, -0.25) is 4.79 Å². The Bertz CT molecular complexity index is 415. The van der Waals surface area contributed by atoms with Crippen LogP contribution in [0.3, 0.4) is 0 Å². The average molecular weight is 253 g/mol. The van der Waals surface area contributed by atoms with Crippen LogP contribution < -0.4 is 0 Å². The van der Waals surface area contributed by atoms with Gasteiger partial charge in [0.2, 0.25) is 0 Å². The number of ketones is 1. The third-order valence-corrected chi connectivity index (χ3v) is 2.77. The Morgan fingerprint density at radius 2 is 1.64 bits per heavy atom. The molecule has 0 radical (unpaired) electrons. The smallest absolute Gasteiger partial charge is 0.377 e. The minimum absolute atomic E-state index is 0.0274. The van der Waals surface area contributed by atoms with Gasteiger partial charge in [-0.2, -0.15) is 0 Å². The molecule has 74 valence electrons. The molecule has 0 spiro atoms. The van der Waals surface area contributed by atoms with Crippen molar-refractivity contribution in [3.05, 3.63) is 32.8 Å². The molecule has 0 aliphatic rings. The third-order valence-electron chi connectivity index (χ3n) is 1.47. The summed E-state index contributed by atoms with van der Waals surface area (Å²) < 4.78 is 0. The summed E-state index contributed by atoms with van der Waals surface area (Å²) in [6.45, 7) is 0. The number of carbonyl (C=O) groups excluding carboxylic acids is 1. The Labute approximate surface area is 94.2 Å². The fraction of sp³-hybridized carbons (Fsp3) is 0. The molecule has 0 amide bonds. The van der Waals surface area contributed by atoms with Crippen molar-refractivity contribution in [3.8, 4) is 0 Å². The van der Waals surface area contributed by atoms with Gasteiger partial charge in [0.1, 0.15) is 0 Å². The molecule has 1 rings (SSSR count). The number of hydrogen-bond donors (Lipinski definition) is 1. The first-order valence-electron chi connectivity index (χ1n) is 3.36. The number of hydrogen-bond acceptors (Lipinski definition) is 2. The normalized spacial score (nSPS) is 9.93. The highest BCUT2D eigenvalue weighted by Gasteiger charge is 2.20. The minimum Gasteiger partial charge on any atom is -0.475 e. The van der Waals surface area contributed by atoms with Crippen LogP contribution >= 0.6 is 34.8 Å². The molecular weight excluding hydrogens is 250 g/mol. The van der Waals surface area contributed by atoms with E-state index in [4.69, 9.17) is 39.9 Å². The van der Waals surface area contributed by atoms with E-state index in [-0.39, 0.29) is 20.6 Å². The number of halogens is 3. The van der Waals surface area contributed by atoms with Crippen LogP contribution in [0.1, 0.15) is 10.4 Å². The van der Waals surface area contributed by atoms with Crippen LogP contribution in [0.5, 0.6) is 0 Å². The Balaban J connectivity index is 3.31. The van der Waals surface area contributed by atoms with Gasteiger partial charge in [-0.15, -0.1) is 0 Å². The number of benzene rings is 1.